The average molecular weight is 238 g/mol. The van der Waals surface area contributed by atoms with Crippen LogP contribution in [-0.4, -0.2) is 29.4 Å². The van der Waals surface area contributed by atoms with Crippen molar-refractivity contribution < 1.29 is 19.7 Å². The number of carbonyl (C=O) groups excluding carboxylic acids is 1. The number of carbonyl (C=O) groups is 1. The van der Waals surface area contributed by atoms with Gasteiger partial charge in [0.1, 0.15) is 0 Å². The smallest absolute Gasteiger partial charge is 0.338 e. The van der Waals surface area contributed by atoms with Gasteiger partial charge in [-0.05, 0) is 6.07 Å². The van der Waals surface area contributed by atoms with Crippen molar-refractivity contribution >= 4 is 17.9 Å². The van der Waals surface area contributed by atoms with E-state index in [2.05, 4.69) is 9.89 Å². The van der Waals surface area contributed by atoms with E-state index in [1.165, 1.54) is 25.3 Å². The van der Waals surface area contributed by atoms with E-state index in [-0.39, 0.29) is 23.2 Å². The van der Waals surface area contributed by atoms with Crippen molar-refractivity contribution in [3.8, 4) is 0 Å². The Bertz CT molecular complexity index is 470. The van der Waals surface area contributed by atoms with E-state index in [4.69, 9.17) is 5.21 Å². The number of hydrogen-bond acceptors (Lipinski definition) is 6. The first-order valence-electron chi connectivity index (χ1n) is 4.62. The summed E-state index contributed by atoms with van der Waals surface area (Å²) in [6.07, 6.45) is 1.03. The van der Waals surface area contributed by atoms with Gasteiger partial charge in [0.15, 0.2) is 0 Å². The largest absolute Gasteiger partial charge is 0.465 e. The van der Waals surface area contributed by atoms with Gasteiger partial charge >= 0.3 is 5.97 Å². The molecule has 1 aromatic carbocycles. The molecule has 0 amide bonds. The highest BCUT2D eigenvalue weighted by Gasteiger charge is 2.20. The van der Waals surface area contributed by atoms with Gasteiger partial charge in [0.05, 0.1) is 17.6 Å². The highest BCUT2D eigenvalue weighted by molar-refractivity contribution is 5.93. The van der Waals surface area contributed by atoms with E-state index in [0.29, 0.717) is 0 Å². The van der Waals surface area contributed by atoms with E-state index < -0.39 is 10.9 Å². The topological polar surface area (TPSA) is 102 Å². The van der Waals surface area contributed by atoms with Crippen LogP contribution in [0.5, 0.6) is 0 Å². The van der Waals surface area contributed by atoms with Crippen LogP contribution in [0.3, 0.4) is 0 Å². The third-order valence-corrected chi connectivity index (χ3v) is 2.13. The number of benzene rings is 1. The van der Waals surface area contributed by atoms with Gasteiger partial charge in [0.25, 0.3) is 5.69 Å². The first-order valence-corrected chi connectivity index (χ1v) is 4.62. The van der Waals surface area contributed by atoms with Crippen LogP contribution in [0.1, 0.15) is 15.9 Å². The van der Waals surface area contributed by atoms with Crippen LogP contribution in [0.4, 0.5) is 5.69 Å². The zero-order chi connectivity index (χ0) is 12.8. The standard InChI is InChI=1S/C10H10N2O5/c1-17-10(13)8-3-2-4-9(12(15)16)7(8)5-6-11-14/h2-4,6,14H,5H2,1H3. The van der Waals surface area contributed by atoms with E-state index in [0.717, 1.165) is 6.21 Å². The minimum Gasteiger partial charge on any atom is -0.465 e. The number of nitro benzene ring substituents is 1. The summed E-state index contributed by atoms with van der Waals surface area (Å²) in [4.78, 5) is 21.6. The van der Waals surface area contributed by atoms with Crippen LogP contribution in [0.15, 0.2) is 23.4 Å². The Morgan fingerprint density at radius 3 is 2.88 bits per heavy atom. The van der Waals surface area contributed by atoms with Crippen molar-refractivity contribution in [1.82, 2.24) is 0 Å². The molecular weight excluding hydrogens is 228 g/mol. The minimum absolute atomic E-state index is 0.0297. The molecule has 7 heteroatoms. The van der Waals surface area contributed by atoms with Gasteiger partial charge in [0.2, 0.25) is 0 Å². The second kappa shape index (κ2) is 5.59. The highest BCUT2D eigenvalue weighted by Crippen LogP contribution is 2.23. The Balaban J connectivity index is 3.33. The molecule has 0 saturated carbocycles. The molecule has 1 aromatic rings. The summed E-state index contributed by atoms with van der Waals surface area (Å²) in [5.41, 5.74) is 0.0246. The molecular formula is C10H10N2O5. The van der Waals surface area contributed by atoms with Gasteiger partial charge in [0, 0.05) is 24.3 Å². The van der Waals surface area contributed by atoms with Gasteiger partial charge in [-0.1, -0.05) is 6.07 Å². The van der Waals surface area contributed by atoms with Crippen molar-refractivity contribution in [1.29, 1.82) is 0 Å². The normalized spacial score (nSPS) is 10.4. The van der Waals surface area contributed by atoms with Gasteiger partial charge in [-0.3, -0.25) is 10.1 Å². The summed E-state index contributed by atoms with van der Waals surface area (Å²) in [5.74, 6) is -0.671. The Labute approximate surface area is 96.5 Å². The Kier molecular flexibility index (Phi) is 4.15. The van der Waals surface area contributed by atoms with Gasteiger partial charge in [-0.25, -0.2) is 4.79 Å². The summed E-state index contributed by atoms with van der Waals surface area (Å²) in [7, 11) is 1.19. The van der Waals surface area contributed by atoms with Crippen molar-refractivity contribution in [2.24, 2.45) is 5.16 Å². The van der Waals surface area contributed by atoms with Gasteiger partial charge in [-0.15, -0.1) is 5.16 Å². The third kappa shape index (κ3) is 2.77. The lowest BCUT2D eigenvalue weighted by Crippen LogP contribution is -2.08. The van der Waals surface area contributed by atoms with Crippen molar-refractivity contribution in [2.45, 2.75) is 6.42 Å². The van der Waals surface area contributed by atoms with Gasteiger partial charge in [-0.2, -0.15) is 0 Å². The maximum Gasteiger partial charge on any atom is 0.338 e. The van der Waals surface area contributed by atoms with E-state index in [9.17, 15) is 14.9 Å². The molecule has 1 N–H and O–H groups in total. The van der Waals surface area contributed by atoms with Crippen LogP contribution in [0.2, 0.25) is 0 Å². The van der Waals surface area contributed by atoms with Crippen LogP contribution in [0.25, 0.3) is 0 Å². The van der Waals surface area contributed by atoms with Crippen molar-refractivity contribution in [3.63, 3.8) is 0 Å². The quantitative estimate of drug-likeness (QED) is 0.280. The second-order valence-corrected chi connectivity index (χ2v) is 3.05. The fraction of sp³-hybridized carbons (Fsp3) is 0.200. The number of hydrogen-bond donors (Lipinski definition) is 1. The number of esters is 1. The predicted octanol–water partition coefficient (Wildman–Crippen LogP) is 1.38. The van der Waals surface area contributed by atoms with Crippen LogP contribution >= 0.6 is 0 Å². The minimum atomic E-state index is -0.671. The zero-order valence-corrected chi connectivity index (χ0v) is 8.99. The molecule has 1 rings (SSSR count). The van der Waals surface area contributed by atoms with E-state index in [1.807, 2.05) is 0 Å². The molecule has 17 heavy (non-hydrogen) atoms. The molecule has 0 spiro atoms. The maximum atomic E-state index is 11.4. The number of nitrogens with zero attached hydrogens (tertiary/aromatic N) is 2. The number of methoxy groups -OCH3 is 1. The average Bonchev–Trinajstić information content (AvgIpc) is 2.34. The monoisotopic (exact) mass is 238 g/mol. The summed E-state index contributed by atoms with van der Waals surface area (Å²) >= 11 is 0. The lowest BCUT2D eigenvalue weighted by Gasteiger charge is -2.05. The Hall–Kier alpha value is -2.44. The molecule has 0 unspecified atom stereocenters. The van der Waals surface area contributed by atoms with Crippen LogP contribution in [0, 0.1) is 10.1 Å². The van der Waals surface area contributed by atoms with E-state index in [1.54, 1.807) is 0 Å². The molecule has 0 aliphatic rings. The molecule has 0 aromatic heterocycles. The predicted molar refractivity (Wildman–Crippen MR) is 58.4 cm³/mol. The summed E-state index contributed by atoms with van der Waals surface area (Å²) < 4.78 is 4.52. The van der Waals surface area contributed by atoms with Crippen LogP contribution < -0.4 is 0 Å². The number of rotatable bonds is 4. The maximum absolute atomic E-state index is 11.4. The number of ether oxygens (including phenoxy) is 1. The molecule has 0 saturated heterocycles. The second-order valence-electron chi connectivity index (χ2n) is 3.05. The van der Waals surface area contributed by atoms with Crippen LogP contribution in [-0.2, 0) is 11.2 Å². The zero-order valence-electron chi connectivity index (χ0n) is 8.99. The number of nitro groups is 1. The molecule has 0 aliphatic carbocycles. The first-order chi connectivity index (χ1) is 8.11. The molecule has 0 heterocycles. The Morgan fingerprint density at radius 2 is 2.35 bits per heavy atom. The fourth-order valence-electron chi connectivity index (χ4n) is 1.39. The molecule has 0 fully saturated rings. The third-order valence-electron chi connectivity index (χ3n) is 2.13. The molecule has 0 aliphatic heterocycles. The summed E-state index contributed by atoms with van der Waals surface area (Å²) in [6.45, 7) is 0. The lowest BCUT2D eigenvalue weighted by atomic mass is 10.0. The summed E-state index contributed by atoms with van der Waals surface area (Å²) in [6, 6.07) is 4.08. The van der Waals surface area contributed by atoms with Crippen molar-refractivity contribution in [3.05, 3.63) is 39.4 Å². The molecule has 0 radical (unpaired) electrons. The molecule has 7 nitrogen and oxygen atoms in total. The number of oxime groups is 1. The highest BCUT2D eigenvalue weighted by atomic mass is 16.6. The van der Waals surface area contributed by atoms with Crippen molar-refractivity contribution in [2.75, 3.05) is 7.11 Å². The first kappa shape index (κ1) is 12.6. The molecule has 0 atom stereocenters. The molecule has 0 bridgehead atoms. The summed E-state index contributed by atoms with van der Waals surface area (Å²) in [5, 5.41) is 21.9. The molecule has 90 valence electrons. The SMILES string of the molecule is COC(=O)c1cccc([N+](=O)[O-])c1CC=NO. The van der Waals surface area contributed by atoms with Gasteiger partial charge < -0.3 is 9.94 Å². The Morgan fingerprint density at radius 1 is 1.65 bits per heavy atom. The van der Waals surface area contributed by atoms with E-state index >= 15 is 0 Å². The lowest BCUT2D eigenvalue weighted by molar-refractivity contribution is -0.385. The fourth-order valence-corrected chi connectivity index (χ4v) is 1.39.